The molecule has 0 aliphatic heterocycles. The van der Waals surface area contributed by atoms with Gasteiger partial charge in [0.25, 0.3) is 0 Å². The lowest BCUT2D eigenvalue weighted by Gasteiger charge is -2.17. The maximum Gasteiger partial charge on any atom is 0.241 e. The molecule has 0 spiro atoms. The van der Waals surface area contributed by atoms with Crippen LogP contribution in [0.5, 0.6) is 0 Å². The lowest BCUT2D eigenvalue weighted by Crippen LogP contribution is -2.27. The average Bonchev–Trinajstić information content (AvgIpc) is 2.56. The maximum absolute atomic E-state index is 12.8. The van der Waals surface area contributed by atoms with Crippen LogP contribution in [-0.2, 0) is 14.8 Å². The molecule has 0 fully saturated rings. The lowest BCUT2D eigenvalue weighted by molar-refractivity contribution is -0.126. The normalized spacial score (nSPS) is 12.3. The van der Waals surface area contributed by atoms with E-state index in [4.69, 9.17) is 0 Å². The molecule has 0 saturated carbocycles. The lowest BCUT2D eigenvalue weighted by atomic mass is 9.88. The first-order chi connectivity index (χ1) is 12.0. The molecule has 0 unspecified atom stereocenters. The highest BCUT2D eigenvalue weighted by Gasteiger charge is 2.21. The van der Waals surface area contributed by atoms with Gasteiger partial charge >= 0.3 is 0 Å². The number of fused-ring (bicyclic) bond motifs is 1. The molecule has 142 valence electrons. The number of hydrogen-bond acceptors (Lipinski definition) is 4. The van der Waals surface area contributed by atoms with Gasteiger partial charge in [-0.3, -0.25) is 4.79 Å². The monoisotopic (exact) mass is 376 g/mol. The molecule has 0 bridgehead atoms. The molecule has 0 saturated heterocycles. The average molecular weight is 377 g/mol. The minimum absolute atomic E-state index is 0.137. The molecule has 26 heavy (non-hydrogen) atoms. The van der Waals surface area contributed by atoms with Gasteiger partial charge in [-0.15, -0.1) is 0 Å². The first-order valence-electron chi connectivity index (χ1n) is 8.76. The molecule has 0 aliphatic rings. The summed E-state index contributed by atoms with van der Waals surface area (Å²) in [4.78, 5) is 14.2. The van der Waals surface area contributed by atoms with Crippen LogP contribution < -0.4 is 9.62 Å². The van der Waals surface area contributed by atoms with E-state index in [1.165, 1.54) is 0 Å². The van der Waals surface area contributed by atoms with Gasteiger partial charge in [-0.1, -0.05) is 45.0 Å². The zero-order valence-electron chi connectivity index (χ0n) is 16.2. The van der Waals surface area contributed by atoms with Crippen molar-refractivity contribution in [2.75, 3.05) is 25.5 Å². The fourth-order valence-corrected chi connectivity index (χ4v) is 4.09. The third kappa shape index (κ3) is 4.62. The number of anilines is 1. The van der Waals surface area contributed by atoms with Crippen molar-refractivity contribution in [3.63, 3.8) is 0 Å². The van der Waals surface area contributed by atoms with Crippen LogP contribution in [0.4, 0.5) is 5.69 Å². The number of carbonyl (C=O) groups excluding carboxylic acids is 1. The first-order valence-corrected chi connectivity index (χ1v) is 10.2. The number of sulfonamides is 1. The predicted octanol–water partition coefficient (Wildman–Crippen LogP) is 3.58. The Balaban J connectivity index is 2.19. The van der Waals surface area contributed by atoms with E-state index in [0.29, 0.717) is 18.2 Å². The molecule has 2 rings (SSSR count). The largest absolute Gasteiger partial charge is 0.377 e. The number of nitrogens with one attached hydrogen (secondary N) is 1. The van der Waals surface area contributed by atoms with E-state index >= 15 is 0 Å². The summed E-state index contributed by atoms with van der Waals surface area (Å²) < 4.78 is 28.1. The second kappa shape index (κ2) is 7.76. The molecule has 0 aromatic heterocycles. The molecule has 0 amide bonds. The Kier molecular flexibility index (Phi) is 6.09. The highest BCUT2D eigenvalue weighted by Crippen LogP contribution is 2.30. The van der Waals surface area contributed by atoms with Gasteiger partial charge in [-0.25, -0.2) is 13.1 Å². The van der Waals surface area contributed by atoms with E-state index in [-0.39, 0.29) is 17.2 Å². The van der Waals surface area contributed by atoms with Gasteiger partial charge in [0.05, 0.1) is 4.90 Å². The Morgan fingerprint density at radius 1 is 1.04 bits per heavy atom. The van der Waals surface area contributed by atoms with Gasteiger partial charge in [0.15, 0.2) is 0 Å². The van der Waals surface area contributed by atoms with E-state index in [1.807, 2.05) is 64.0 Å². The van der Waals surface area contributed by atoms with Gasteiger partial charge in [0.2, 0.25) is 10.0 Å². The highest BCUT2D eigenvalue weighted by atomic mass is 32.2. The summed E-state index contributed by atoms with van der Waals surface area (Å²) in [5, 5.41) is 1.58. The molecule has 0 radical (unpaired) electrons. The fraction of sp³-hybridized carbons (Fsp3) is 0.450. The van der Waals surface area contributed by atoms with E-state index in [0.717, 1.165) is 11.1 Å². The number of hydrogen-bond donors (Lipinski definition) is 1. The van der Waals surface area contributed by atoms with Crippen LogP contribution in [0, 0.1) is 5.41 Å². The molecule has 0 heterocycles. The SMILES string of the molecule is CN(C)c1cccc2c(S(=O)(=O)NCCCC(=O)C(C)(C)C)cccc12. The number of ketones is 1. The Hall–Kier alpha value is -1.92. The highest BCUT2D eigenvalue weighted by molar-refractivity contribution is 7.89. The minimum Gasteiger partial charge on any atom is -0.377 e. The first kappa shape index (κ1) is 20.4. The van der Waals surface area contributed by atoms with E-state index < -0.39 is 15.4 Å². The molecule has 2 aromatic carbocycles. The summed E-state index contributed by atoms with van der Waals surface area (Å²) in [5.41, 5.74) is 0.576. The van der Waals surface area contributed by atoms with Gasteiger partial charge < -0.3 is 4.90 Å². The molecule has 2 aromatic rings. The second-order valence-corrected chi connectivity index (χ2v) is 9.43. The van der Waals surface area contributed by atoms with Crippen molar-refractivity contribution in [3.8, 4) is 0 Å². The third-order valence-electron chi connectivity index (χ3n) is 4.34. The topological polar surface area (TPSA) is 66.5 Å². The van der Waals surface area contributed by atoms with Crippen LogP contribution in [0.2, 0.25) is 0 Å². The molecular weight excluding hydrogens is 348 g/mol. The Morgan fingerprint density at radius 2 is 1.65 bits per heavy atom. The van der Waals surface area contributed by atoms with E-state index in [2.05, 4.69) is 4.72 Å². The van der Waals surface area contributed by atoms with Crippen LogP contribution in [-0.4, -0.2) is 34.8 Å². The predicted molar refractivity (Wildman–Crippen MR) is 107 cm³/mol. The van der Waals surface area contributed by atoms with Gasteiger partial charge in [-0.05, 0) is 18.6 Å². The summed E-state index contributed by atoms with van der Waals surface area (Å²) in [7, 11) is 0.219. The number of carbonyl (C=O) groups is 1. The molecule has 5 nitrogen and oxygen atoms in total. The molecule has 0 atom stereocenters. The van der Waals surface area contributed by atoms with Crippen LogP contribution in [0.15, 0.2) is 41.3 Å². The van der Waals surface area contributed by atoms with E-state index in [1.54, 1.807) is 12.1 Å². The van der Waals surface area contributed by atoms with Crippen molar-refractivity contribution >= 4 is 32.3 Å². The summed E-state index contributed by atoms with van der Waals surface area (Å²) in [5.74, 6) is 0.137. The summed E-state index contributed by atoms with van der Waals surface area (Å²) in [6.45, 7) is 5.86. The Morgan fingerprint density at radius 3 is 2.27 bits per heavy atom. The number of Topliss-reactive ketones (excluding diaryl/α,β-unsaturated/α-hetero) is 1. The van der Waals surface area contributed by atoms with Crippen LogP contribution in [0.3, 0.4) is 0 Å². The van der Waals surface area contributed by atoms with Crippen LogP contribution >= 0.6 is 0 Å². The summed E-state index contributed by atoms with van der Waals surface area (Å²) in [6, 6.07) is 10.9. The van der Waals surface area contributed by atoms with Crippen LogP contribution in [0.25, 0.3) is 10.8 Å². The van der Waals surface area contributed by atoms with Crippen molar-refractivity contribution in [2.45, 2.75) is 38.5 Å². The van der Waals surface area contributed by atoms with E-state index in [9.17, 15) is 13.2 Å². The number of nitrogens with zero attached hydrogens (tertiary/aromatic N) is 1. The zero-order valence-corrected chi connectivity index (χ0v) is 17.0. The Bertz CT molecular complexity index is 897. The Labute approximate surface area is 156 Å². The smallest absolute Gasteiger partial charge is 0.241 e. The third-order valence-corrected chi connectivity index (χ3v) is 5.86. The summed E-state index contributed by atoms with van der Waals surface area (Å²) in [6.07, 6.45) is 0.857. The van der Waals surface area contributed by atoms with Crippen LogP contribution in [0.1, 0.15) is 33.6 Å². The van der Waals surface area contributed by atoms with Crippen molar-refractivity contribution in [2.24, 2.45) is 5.41 Å². The van der Waals surface area contributed by atoms with Crippen molar-refractivity contribution in [1.29, 1.82) is 0 Å². The van der Waals surface area contributed by atoms with Crippen molar-refractivity contribution < 1.29 is 13.2 Å². The molecular formula is C20H28N2O3S. The maximum atomic E-state index is 12.8. The molecule has 1 N–H and O–H groups in total. The summed E-state index contributed by atoms with van der Waals surface area (Å²) >= 11 is 0. The standard InChI is InChI=1S/C20H28N2O3S/c1-20(2,3)19(23)13-8-14-21-26(24,25)18-12-7-9-15-16(18)10-6-11-17(15)22(4)5/h6-7,9-12,21H,8,13-14H2,1-5H3. The fourth-order valence-electron chi connectivity index (χ4n) is 2.80. The van der Waals surface area contributed by atoms with Gasteiger partial charge in [0.1, 0.15) is 5.78 Å². The molecule has 0 aliphatic carbocycles. The zero-order chi connectivity index (χ0) is 19.5. The van der Waals surface area contributed by atoms with Crippen molar-refractivity contribution in [1.82, 2.24) is 4.72 Å². The van der Waals surface area contributed by atoms with Gasteiger partial charge in [0, 0.05) is 48.9 Å². The minimum atomic E-state index is -3.64. The second-order valence-electron chi connectivity index (χ2n) is 7.70. The quantitative estimate of drug-likeness (QED) is 0.750. The number of benzene rings is 2. The van der Waals surface area contributed by atoms with Gasteiger partial charge in [-0.2, -0.15) is 0 Å². The number of rotatable bonds is 7. The molecule has 6 heteroatoms. The van der Waals surface area contributed by atoms with Crippen molar-refractivity contribution in [3.05, 3.63) is 36.4 Å².